The van der Waals surface area contributed by atoms with Crippen LogP contribution < -0.4 is 10.1 Å². The lowest BCUT2D eigenvalue weighted by molar-refractivity contribution is -0.115. The third-order valence-electron chi connectivity index (χ3n) is 3.20. The van der Waals surface area contributed by atoms with E-state index in [-0.39, 0.29) is 18.1 Å². The summed E-state index contributed by atoms with van der Waals surface area (Å²) >= 11 is 2.78. The standard InChI is InChI=1S/C16H14FN3O2S2/c1-9-18-11(7-23-9)6-15(21)20-16-19-13(8-24-16)12-5-10(17)3-4-14(12)22-2/h3-5,7-8H,6H2,1-2H3,(H,19,20,21). The number of anilines is 1. The summed E-state index contributed by atoms with van der Waals surface area (Å²) in [5, 5.41) is 7.73. The number of carbonyl (C=O) groups excluding carboxylic acids is 1. The summed E-state index contributed by atoms with van der Waals surface area (Å²) in [6, 6.07) is 4.23. The summed E-state index contributed by atoms with van der Waals surface area (Å²) in [6.45, 7) is 1.89. The second-order valence-corrected chi connectivity index (χ2v) is 6.89. The summed E-state index contributed by atoms with van der Waals surface area (Å²) in [5.74, 6) is -0.0341. The van der Waals surface area contributed by atoms with E-state index in [0.717, 1.165) is 10.7 Å². The number of aryl methyl sites for hydroxylation is 1. The first-order valence-corrected chi connectivity index (χ1v) is 8.81. The third kappa shape index (κ3) is 3.77. The molecule has 8 heteroatoms. The molecule has 1 aromatic carbocycles. The number of hydrogen-bond donors (Lipinski definition) is 1. The predicted octanol–water partition coefficient (Wildman–Crippen LogP) is 3.90. The molecule has 3 aromatic rings. The van der Waals surface area contributed by atoms with Crippen LogP contribution in [0.4, 0.5) is 9.52 Å². The molecule has 0 saturated carbocycles. The lowest BCUT2D eigenvalue weighted by atomic mass is 10.1. The molecular weight excluding hydrogens is 349 g/mol. The second kappa shape index (κ2) is 7.06. The van der Waals surface area contributed by atoms with Crippen molar-refractivity contribution >= 4 is 33.7 Å². The number of amides is 1. The fourth-order valence-electron chi connectivity index (χ4n) is 2.15. The average Bonchev–Trinajstić information content (AvgIpc) is 3.16. The van der Waals surface area contributed by atoms with Gasteiger partial charge in [-0.2, -0.15) is 0 Å². The largest absolute Gasteiger partial charge is 0.496 e. The number of hydrogen-bond acceptors (Lipinski definition) is 6. The minimum atomic E-state index is -0.372. The Morgan fingerprint density at radius 2 is 2.12 bits per heavy atom. The highest BCUT2D eigenvalue weighted by Gasteiger charge is 2.13. The monoisotopic (exact) mass is 363 g/mol. The lowest BCUT2D eigenvalue weighted by Gasteiger charge is -2.05. The highest BCUT2D eigenvalue weighted by atomic mass is 32.1. The summed E-state index contributed by atoms with van der Waals surface area (Å²) in [7, 11) is 1.52. The van der Waals surface area contributed by atoms with Crippen molar-refractivity contribution in [3.8, 4) is 17.0 Å². The molecular formula is C16H14FN3O2S2. The van der Waals surface area contributed by atoms with Gasteiger partial charge < -0.3 is 10.1 Å². The highest BCUT2D eigenvalue weighted by Crippen LogP contribution is 2.32. The van der Waals surface area contributed by atoms with E-state index in [1.54, 1.807) is 11.4 Å². The lowest BCUT2D eigenvalue weighted by Crippen LogP contribution is -2.14. The van der Waals surface area contributed by atoms with Crippen LogP contribution in [0.3, 0.4) is 0 Å². The molecule has 2 aromatic heterocycles. The fourth-order valence-corrected chi connectivity index (χ4v) is 3.49. The SMILES string of the molecule is COc1ccc(F)cc1-c1csc(NC(=O)Cc2csc(C)n2)n1. The van der Waals surface area contributed by atoms with Crippen molar-refractivity contribution in [3.63, 3.8) is 0 Å². The Labute approximate surface area is 146 Å². The van der Waals surface area contributed by atoms with Crippen LogP contribution in [0, 0.1) is 12.7 Å². The van der Waals surface area contributed by atoms with Crippen LogP contribution in [-0.2, 0) is 11.2 Å². The molecule has 0 aliphatic rings. The normalized spacial score (nSPS) is 10.6. The molecule has 3 rings (SSSR count). The van der Waals surface area contributed by atoms with Crippen molar-refractivity contribution in [1.82, 2.24) is 9.97 Å². The van der Waals surface area contributed by atoms with Crippen LogP contribution in [-0.4, -0.2) is 23.0 Å². The Kier molecular flexibility index (Phi) is 4.86. The molecule has 1 amide bonds. The van der Waals surface area contributed by atoms with Gasteiger partial charge in [-0.05, 0) is 25.1 Å². The predicted molar refractivity (Wildman–Crippen MR) is 93.2 cm³/mol. The average molecular weight is 363 g/mol. The second-order valence-electron chi connectivity index (χ2n) is 4.97. The summed E-state index contributed by atoms with van der Waals surface area (Å²) in [4.78, 5) is 20.6. The Bertz CT molecular complexity index is 876. The molecule has 0 unspecified atom stereocenters. The van der Waals surface area contributed by atoms with Crippen molar-refractivity contribution in [2.75, 3.05) is 12.4 Å². The first-order valence-electron chi connectivity index (χ1n) is 7.05. The van der Waals surface area contributed by atoms with Crippen LogP contribution in [0.2, 0.25) is 0 Å². The van der Waals surface area contributed by atoms with Crippen LogP contribution in [0.15, 0.2) is 29.0 Å². The first-order chi connectivity index (χ1) is 11.5. The zero-order valence-electron chi connectivity index (χ0n) is 13.0. The molecule has 0 radical (unpaired) electrons. The van der Waals surface area contributed by atoms with Crippen molar-refractivity contribution in [2.24, 2.45) is 0 Å². The number of nitrogens with one attached hydrogen (secondary N) is 1. The van der Waals surface area contributed by atoms with E-state index in [1.165, 1.54) is 41.9 Å². The number of ether oxygens (including phenoxy) is 1. The Balaban J connectivity index is 1.74. The minimum Gasteiger partial charge on any atom is -0.496 e. The van der Waals surface area contributed by atoms with Gasteiger partial charge in [-0.1, -0.05) is 0 Å². The smallest absolute Gasteiger partial charge is 0.232 e. The maximum atomic E-state index is 13.5. The van der Waals surface area contributed by atoms with E-state index in [2.05, 4.69) is 15.3 Å². The Morgan fingerprint density at radius 1 is 1.29 bits per heavy atom. The van der Waals surface area contributed by atoms with Gasteiger partial charge in [0.2, 0.25) is 5.91 Å². The van der Waals surface area contributed by atoms with Crippen LogP contribution in [0.25, 0.3) is 11.3 Å². The first kappa shape index (κ1) is 16.5. The van der Waals surface area contributed by atoms with E-state index in [1.807, 2.05) is 12.3 Å². The molecule has 0 fully saturated rings. The van der Waals surface area contributed by atoms with Crippen LogP contribution in [0.1, 0.15) is 10.7 Å². The summed E-state index contributed by atoms with van der Waals surface area (Å²) < 4.78 is 18.7. The maximum Gasteiger partial charge on any atom is 0.232 e. The van der Waals surface area contributed by atoms with Crippen molar-refractivity contribution in [3.05, 3.63) is 45.5 Å². The van der Waals surface area contributed by atoms with Gasteiger partial charge in [-0.25, -0.2) is 14.4 Å². The van der Waals surface area contributed by atoms with Gasteiger partial charge >= 0.3 is 0 Å². The quantitative estimate of drug-likeness (QED) is 0.747. The molecule has 24 heavy (non-hydrogen) atoms. The minimum absolute atomic E-state index is 0.188. The summed E-state index contributed by atoms with van der Waals surface area (Å²) in [5.41, 5.74) is 1.83. The van der Waals surface area contributed by atoms with E-state index in [0.29, 0.717) is 22.1 Å². The van der Waals surface area contributed by atoms with Gasteiger partial charge in [0.05, 0.1) is 29.9 Å². The molecule has 5 nitrogen and oxygen atoms in total. The van der Waals surface area contributed by atoms with Crippen molar-refractivity contribution in [1.29, 1.82) is 0 Å². The maximum absolute atomic E-state index is 13.5. The molecule has 0 spiro atoms. The molecule has 0 aliphatic heterocycles. The molecule has 1 N–H and O–H groups in total. The number of halogens is 1. The fraction of sp³-hybridized carbons (Fsp3) is 0.188. The van der Waals surface area contributed by atoms with E-state index < -0.39 is 0 Å². The zero-order valence-corrected chi connectivity index (χ0v) is 14.6. The topological polar surface area (TPSA) is 64.1 Å². The molecule has 2 heterocycles. The van der Waals surface area contributed by atoms with Gasteiger partial charge in [-0.15, -0.1) is 22.7 Å². The number of benzene rings is 1. The van der Waals surface area contributed by atoms with Crippen molar-refractivity contribution in [2.45, 2.75) is 13.3 Å². The zero-order chi connectivity index (χ0) is 17.1. The number of methoxy groups -OCH3 is 1. The van der Waals surface area contributed by atoms with Gasteiger partial charge in [0.1, 0.15) is 11.6 Å². The number of carbonyl (C=O) groups is 1. The molecule has 0 atom stereocenters. The number of rotatable bonds is 5. The van der Waals surface area contributed by atoms with Gasteiger partial charge in [0.25, 0.3) is 0 Å². The van der Waals surface area contributed by atoms with E-state index >= 15 is 0 Å². The molecule has 0 saturated heterocycles. The molecule has 0 bridgehead atoms. The Hall–Kier alpha value is -2.32. The summed E-state index contributed by atoms with van der Waals surface area (Å²) in [6.07, 6.45) is 0.197. The van der Waals surface area contributed by atoms with Gasteiger partial charge in [0, 0.05) is 16.3 Å². The molecule has 124 valence electrons. The number of nitrogens with zero attached hydrogens (tertiary/aromatic N) is 2. The third-order valence-corrected chi connectivity index (χ3v) is 4.78. The van der Waals surface area contributed by atoms with Crippen molar-refractivity contribution < 1.29 is 13.9 Å². The number of thiazole rings is 2. The van der Waals surface area contributed by atoms with E-state index in [4.69, 9.17) is 4.74 Å². The van der Waals surface area contributed by atoms with Crippen LogP contribution in [0.5, 0.6) is 5.75 Å². The van der Waals surface area contributed by atoms with Crippen LogP contribution >= 0.6 is 22.7 Å². The van der Waals surface area contributed by atoms with Gasteiger partial charge in [-0.3, -0.25) is 4.79 Å². The Morgan fingerprint density at radius 3 is 2.83 bits per heavy atom. The number of aromatic nitrogens is 2. The molecule has 0 aliphatic carbocycles. The van der Waals surface area contributed by atoms with Gasteiger partial charge in [0.15, 0.2) is 5.13 Å². The van der Waals surface area contributed by atoms with E-state index in [9.17, 15) is 9.18 Å². The highest BCUT2D eigenvalue weighted by molar-refractivity contribution is 7.14.